The van der Waals surface area contributed by atoms with Crippen molar-refractivity contribution in [3.8, 4) is 0 Å². The van der Waals surface area contributed by atoms with Crippen molar-refractivity contribution >= 4 is 29.0 Å². The van der Waals surface area contributed by atoms with E-state index in [9.17, 15) is 0 Å². The van der Waals surface area contributed by atoms with Gasteiger partial charge in [0.1, 0.15) is 5.82 Å². The second-order valence-electron chi connectivity index (χ2n) is 5.65. The van der Waals surface area contributed by atoms with Gasteiger partial charge in [0, 0.05) is 36.3 Å². The molecule has 3 aromatic rings. The Morgan fingerprint density at radius 3 is 2.52 bits per heavy atom. The van der Waals surface area contributed by atoms with E-state index in [2.05, 4.69) is 36.1 Å². The van der Waals surface area contributed by atoms with Crippen LogP contribution >= 0.6 is 0 Å². The Kier molecular flexibility index (Phi) is 6.26. The van der Waals surface area contributed by atoms with Gasteiger partial charge in [-0.1, -0.05) is 18.2 Å². The van der Waals surface area contributed by atoms with E-state index >= 15 is 0 Å². The first-order valence-corrected chi connectivity index (χ1v) is 8.51. The van der Waals surface area contributed by atoms with Crippen LogP contribution in [0.2, 0.25) is 0 Å². The molecule has 0 aliphatic carbocycles. The zero-order chi connectivity index (χ0) is 18.9. The number of nitrogens with one attached hydrogen (secondary N) is 3. The number of aliphatic hydroxyl groups excluding tert-OH is 1. The summed E-state index contributed by atoms with van der Waals surface area (Å²) >= 11 is 0. The fourth-order valence-corrected chi connectivity index (χ4v) is 2.28. The van der Waals surface area contributed by atoms with Crippen LogP contribution < -0.4 is 16.1 Å². The molecule has 138 valence electrons. The number of anilines is 4. The van der Waals surface area contributed by atoms with Gasteiger partial charge in [0.2, 0.25) is 5.95 Å². The highest BCUT2D eigenvalue weighted by Gasteiger charge is 2.05. The van der Waals surface area contributed by atoms with Crippen molar-refractivity contribution in [1.82, 2.24) is 15.0 Å². The second kappa shape index (κ2) is 9.25. The van der Waals surface area contributed by atoms with E-state index in [-0.39, 0.29) is 6.61 Å². The van der Waals surface area contributed by atoms with Gasteiger partial charge in [0.25, 0.3) is 0 Å². The van der Waals surface area contributed by atoms with Gasteiger partial charge >= 0.3 is 0 Å². The number of pyridine rings is 1. The van der Waals surface area contributed by atoms with Crippen LogP contribution in [0, 0.1) is 0 Å². The average molecular weight is 363 g/mol. The molecule has 3 rings (SSSR count). The molecular weight excluding hydrogens is 342 g/mol. The van der Waals surface area contributed by atoms with E-state index in [0.717, 1.165) is 17.0 Å². The van der Waals surface area contributed by atoms with E-state index in [1.807, 2.05) is 49.4 Å². The highest BCUT2D eigenvalue weighted by molar-refractivity contribution is 5.98. The molecule has 0 aliphatic heterocycles. The number of hydrogen-bond acceptors (Lipinski definition) is 8. The molecule has 2 aromatic heterocycles. The van der Waals surface area contributed by atoms with Crippen LogP contribution in [0.5, 0.6) is 0 Å². The summed E-state index contributed by atoms with van der Waals surface area (Å²) in [7, 11) is 0. The standard InChI is InChI=1S/C19H21N7O/c1-14(15-7-9-20-10-8-15)25-26-18-13-17(21-11-12-27)23-19(24-18)22-16-5-3-2-4-6-16/h2-10,13,27H,11-12H2,1H3,(H3,21,22,23,24,26). The molecule has 4 N–H and O–H groups in total. The van der Waals surface area contributed by atoms with E-state index in [1.165, 1.54) is 0 Å². The summed E-state index contributed by atoms with van der Waals surface area (Å²) < 4.78 is 0. The van der Waals surface area contributed by atoms with E-state index in [4.69, 9.17) is 5.11 Å². The minimum absolute atomic E-state index is 0.00746. The predicted octanol–water partition coefficient (Wildman–Crippen LogP) is 2.86. The fourth-order valence-electron chi connectivity index (χ4n) is 2.28. The molecule has 8 heteroatoms. The van der Waals surface area contributed by atoms with Crippen molar-refractivity contribution < 1.29 is 5.11 Å². The molecule has 0 unspecified atom stereocenters. The van der Waals surface area contributed by atoms with Gasteiger partial charge in [0.05, 0.1) is 12.3 Å². The van der Waals surface area contributed by atoms with E-state index in [1.54, 1.807) is 18.5 Å². The maximum atomic E-state index is 9.04. The molecule has 8 nitrogen and oxygen atoms in total. The highest BCUT2D eigenvalue weighted by atomic mass is 16.3. The van der Waals surface area contributed by atoms with E-state index in [0.29, 0.717) is 24.1 Å². The number of nitrogens with zero attached hydrogens (tertiary/aromatic N) is 4. The summed E-state index contributed by atoms with van der Waals surface area (Å²) in [6.45, 7) is 2.30. The van der Waals surface area contributed by atoms with Crippen LogP contribution in [0.25, 0.3) is 0 Å². The molecule has 0 aliphatic rings. The minimum Gasteiger partial charge on any atom is -0.395 e. The van der Waals surface area contributed by atoms with Crippen LogP contribution in [0.3, 0.4) is 0 Å². The maximum absolute atomic E-state index is 9.04. The van der Waals surface area contributed by atoms with Gasteiger partial charge in [-0.2, -0.15) is 15.1 Å². The lowest BCUT2D eigenvalue weighted by molar-refractivity contribution is 0.311. The molecule has 0 saturated carbocycles. The number of benzene rings is 1. The molecule has 0 saturated heterocycles. The minimum atomic E-state index is 0.00746. The van der Waals surface area contributed by atoms with Gasteiger partial charge in [-0.15, -0.1) is 0 Å². The Balaban J connectivity index is 1.81. The summed E-state index contributed by atoms with van der Waals surface area (Å²) in [4.78, 5) is 12.9. The number of hydrogen-bond donors (Lipinski definition) is 4. The third kappa shape index (κ3) is 5.48. The van der Waals surface area contributed by atoms with Crippen molar-refractivity contribution in [3.63, 3.8) is 0 Å². The van der Waals surface area contributed by atoms with Crippen molar-refractivity contribution in [1.29, 1.82) is 0 Å². The van der Waals surface area contributed by atoms with Gasteiger partial charge in [-0.3, -0.25) is 10.4 Å². The third-order valence-corrected chi connectivity index (χ3v) is 3.61. The Bertz CT molecular complexity index is 885. The number of hydrazone groups is 1. The molecule has 0 radical (unpaired) electrons. The first-order chi connectivity index (χ1) is 13.2. The fraction of sp³-hybridized carbons (Fsp3) is 0.158. The quantitative estimate of drug-likeness (QED) is 0.360. The van der Waals surface area contributed by atoms with Gasteiger partial charge < -0.3 is 15.7 Å². The summed E-state index contributed by atoms with van der Waals surface area (Å²) in [6, 6.07) is 15.2. The monoisotopic (exact) mass is 363 g/mol. The second-order valence-corrected chi connectivity index (χ2v) is 5.65. The summed E-state index contributed by atoms with van der Waals surface area (Å²) in [5, 5.41) is 19.6. The topological polar surface area (TPSA) is 107 Å². The molecule has 0 bridgehead atoms. The molecule has 27 heavy (non-hydrogen) atoms. The van der Waals surface area contributed by atoms with Crippen LogP contribution in [0.1, 0.15) is 12.5 Å². The van der Waals surface area contributed by atoms with Gasteiger partial charge in [-0.25, -0.2) is 0 Å². The lowest BCUT2D eigenvalue weighted by Gasteiger charge is -2.11. The van der Waals surface area contributed by atoms with Crippen LogP contribution in [0.15, 0.2) is 66.0 Å². The molecule has 2 heterocycles. The number of aliphatic hydroxyl groups is 1. The lowest BCUT2D eigenvalue weighted by atomic mass is 10.2. The molecule has 0 atom stereocenters. The molecule has 0 amide bonds. The average Bonchev–Trinajstić information content (AvgIpc) is 2.72. The Hall–Kier alpha value is -3.52. The lowest BCUT2D eigenvalue weighted by Crippen LogP contribution is -2.10. The first-order valence-electron chi connectivity index (χ1n) is 8.51. The van der Waals surface area contributed by atoms with Gasteiger partial charge in [-0.05, 0) is 31.2 Å². The number of rotatable bonds is 8. The van der Waals surface area contributed by atoms with Crippen molar-refractivity contribution in [3.05, 3.63) is 66.5 Å². The van der Waals surface area contributed by atoms with Crippen LogP contribution in [-0.2, 0) is 0 Å². The van der Waals surface area contributed by atoms with Crippen LogP contribution in [-0.4, -0.2) is 38.9 Å². The van der Waals surface area contributed by atoms with Crippen molar-refractivity contribution in [2.24, 2.45) is 5.10 Å². The Morgan fingerprint density at radius 2 is 1.78 bits per heavy atom. The first kappa shape index (κ1) is 18.3. The third-order valence-electron chi connectivity index (χ3n) is 3.61. The number of para-hydroxylation sites is 1. The smallest absolute Gasteiger partial charge is 0.231 e. The van der Waals surface area contributed by atoms with Gasteiger partial charge in [0.15, 0.2) is 5.82 Å². The van der Waals surface area contributed by atoms with E-state index < -0.39 is 0 Å². The zero-order valence-electron chi connectivity index (χ0n) is 14.9. The Morgan fingerprint density at radius 1 is 1.04 bits per heavy atom. The maximum Gasteiger partial charge on any atom is 0.231 e. The summed E-state index contributed by atoms with van der Waals surface area (Å²) in [5.74, 6) is 1.53. The Labute approximate surface area is 157 Å². The molecule has 0 fully saturated rings. The number of aromatic nitrogens is 3. The highest BCUT2D eigenvalue weighted by Crippen LogP contribution is 2.18. The largest absolute Gasteiger partial charge is 0.395 e. The molecule has 0 spiro atoms. The van der Waals surface area contributed by atoms with Crippen molar-refractivity contribution in [2.45, 2.75) is 6.92 Å². The predicted molar refractivity (Wildman–Crippen MR) is 107 cm³/mol. The molecular formula is C19H21N7O. The summed E-state index contributed by atoms with van der Waals surface area (Å²) in [6.07, 6.45) is 3.44. The van der Waals surface area contributed by atoms with Crippen molar-refractivity contribution in [2.75, 3.05) is 29.2 Å². The summed E-state index contributed by atoms with van der Waals surface area (Å²) in [5.41, 5.74) is 5.60. The van der Waals surface area contributed by atoms with Crippen LogP contribution in [0.4, 0.5) is 23.3 Å². The molecule has 1 aromatic carbocycles. The zero-order valence-corrected chi connectivity index (χ0v) is 14.9. The SMILES string of the molecule is CC(=NNc1cc(NCCO)nc(Nc2ccccc2)n1)c1ccncc1. The normalized spacial score (nSPS) is 11.1.